The normalized spacial score (nSPS) is 12.0. The van der Waals surface area contributed by atoms with Crippen molar-refractivity contribution in [3.05, 3.63) is 176 Å². The predicted molar refractivity (Wildman–Crippen MR) is 197 cm³/mol. The van der Waals surface area contributed by atoms with Crippen molar-refractivity contribution in [1.29, 1.82) is 0 Å². The Morgan fingerprint density at radius 3 is 1.71 bits per heavy atom. The summed E-state index contributed by atoms with van der Waals surface area (Å²) in [7, 11) is -2.84. The smallest absolute Gasteiger partial charge is 0.180 e. The first-order valence-corrected chi connectivity index (χ1v) is 18.3. The van der Waals surface area contributed by atoms with E-state index in [1.54, 1.807) is 0 Å². The summed E-state index contributed by atoms with van der Waals surface area (Å²) in [6, 6.07) is 65.4. The second-order valence-electron chi connectivity index (χ2n) is 11.7. The lowest BCUT2D eigenvalue weighted by Crippen LogP contribution is -2.74. The molecule has 3 heteroatoms. The van der Waals surface area contributed by atoms with E-state index in [9.17, 15) is 0 Å². The molecule has 0 bridgehead atoms. The summed E-state index contributed by atoms with van der Waals surface area (Å²) < 4.78 is 5.12. The van der Waals surface area contributed by atoms with E-state index < -0.39 is 8.07 Å². The number of para-hydroxylation sites is 2. The Kier molecular flexibility index (Phi) is 6.08. The van der Waals surface area contributed by atoms with Crippen molar-refractivity contribution in [3.63, 3.8) is 0 Å². The summed E-state index contributed by atoms with van der Waals surface area (Å²) in [5.41, 5.74) is 3.65. The number of benzene rings is 7. The van der Waals surface area contributed by atoms with Gasteiger partial charge in [-0.25, -0.2) is 0 Å². The first-order valence-electron chi connectivity index (χ1n) is 15.4. The summed E-state index contributed by atoms with van der Waals surface area (Å²) in [6.45, 7) is 0. The Labute approximate surface area is 267 Å². The molecule has 9 rings (SSSR count). The van der Waals surface area contributed by atoms with Crippen LogP contribution in [0.3, 0.4) is 0 Å². The molecule has 7 aromatic carbocycles. The molecule has 0 atom stereocenters. The first-order chi connectivity index (χ1) is 22.3. The van der Waals surface area contributed by atoms with Crippen LogP contribution in [0.4, 0.5) is 0 Å². The maximum atomic E-state index is 2.52. The van der Waals surface area contributed by atoms with Crippen molar-refractivity contribution in [2.45, 2.75) is 0 Å². The van der Waals surface area contributed by atoms with Gasteiger partial charge in [0.1, 0.15) is 0 Å². The number of hydrogen-bond acceptors (Lipinski definition) is 1. The van der Waals surface area contributed by atoms with Gasteiger partial charge in [0.15, 0.2) is 8.07 Å². The number of aromatic nitrogens is 1. The molecule has 0 fully saturated rings. The Morgan fingerprint density at radius 2 is 0.978 bits per heavy atom. The van der Waals surface area contributed by atoms with Gasteiger partial charge in [-0.3, -0.25) is 0 Å². The van der Waals surface area contributed by atoms with Crippen LogP contribution < -0.4 is 20.7 Å². The second-order valence-corrected chi connectivity index (χ2v) is 16.5. The first kappa shape index (κ1) is 26.2. The van der Waals surface area contributed by atoms with Gasteiger partial charge in [0.05, 0.1) is 11.0 Å². The molecule has 0 N–H and O–H groups in total. The van der Waals surface area contributed by atoms with E-state index in [0.717, 1.165) is 0 Å². The molecule has 2 aromatic heterocycles. The highest BCUT2D eigenvalue weighted by Crippen LogP contribution is 2.35. The summed E-state index contributed by atoms with van der Waals surface area (Å²) in [4.78, 5) is 0. The van der Waals surface area contributed by atoms with E-state index in [-0.39, 0.29) is 0 Å². The molecule has 0 saturated heterocycles. The van der Waals surface area contributed by atoms with Gasteiger partial charge in [-0.1, -0.05) is 140 Å². The Hall–Kier alpha value is -5.22. The molecular weight excluding hydrogens is 579 g/mol. The average molecular weight is 608 g/mol. The molecule has 0 amide bonds. The minimum absolute atomic E-state index is 1.18. The summed E-state index contributed by atoms with van der Waals surface area (Å²) in [5, 5.41) is 10.9. The van der Waals surface area contributed by atoms with Crippen molar-refractivity contribution in [2.75, 3.05) is 0 Å². The van der Waals surface area contributed by atoms with Gasteiger partial charge in [-0.05, 0) is 57.1 Å². The zero-order valence-electron chi connectivity index (χ0n) is 24.6. The molecule has 1 nitrogen and oxygen atoms in total. The minimum Gasteiger partial charge on any atom is -0.309 e. The molecule has 0 unspecified atom stereocenters. The van der Waals surface area contributed by atoms with E-state index in [2.05, 4.69) is 180 Å². The zero-order chi connectivity index (χ0) is 29.8. The lowest BCUT2D eigenvalue weighted by Gasteiger charge is -2.35. The fourth-order valence-corrected chi connectivity index (χ4v) is 13.7. The van der Waals surface area contributed by atoms with Crippen molar-refractivity contribution < 1.29 is 0 Å². The molecule has 0 aliphatic heterocycles. The zero-order valence-corrected chi connectivity index (χ0v) is 26.4. The van der Waals surface area contributed by atoms with Crippen LogP contribution in [0.25, 0.3) is 47.7 Å². The summed E-state index contributed by atoms with van der Waals surface area (Å²) >= 11 is 1.90. The maximum Gasteiger partial charge on any atom is 0.180 e. The van der Waals surface area contributed by atoms with Gasteiger partial charge >= 0.3 is 0 Å². The molecule has 9 aromatic rings. The Morgan fingerprint density at radius 1 is 0.400 bits per heavy atom. The highest BCUT2D eigenvalue weighted by Gasteiger charge is 2.43. The maximum absolute atomic E-state index is 2.84. The van der Waals surface area contributed by atoms with Gasteiger partial charge in [0.25, 0.3) is 0 Å². The van der Waals surface area contributed by atoms with Crippen molar-refractivity contribution >= 4 is 82.1 Å². The number of fused-ring (bicyclic) bond motifs is 6. The van der Waals surface area contributed by atoms with E-state index in [4.69, 9.17) is 0 Å². The van der Waals surface area contributed by atoms with Gasteiger partial charge in [-0.15, -0.1) is 11.3 Å². The lowest BCUT2D eigenvalue weighted by atomic mass is 10.1. The number of nitrogens with zero attached hydrogens (tertiary/aromatic N) is 1. The molecule has 0 saturated carbocycles. The third-order valence-electron chi connectivity index (χ3n) is 9.34. The van der Waals surface area contributed by atoms with Crippen LogP contribution in [-0.4, -0.2) is 12.6 Å². The van der Waals surface area contributed by atoms with E-state index >= 15 is 0 Å². The van der Waals surface area contributed by atoms with Gasteiger partial charge in [0, 0.05) is 36.6 Å². The van der Waals surface area contributed by atoms with E-state index in [1.807, 2.05) is 11.3 Å². The SMILES string of the molecule is c1ccc(-n2c3ccccc3c3c([Si](c4ccccc4)(c4ccccc4)c4ccc5c(c4)sc4ccccc45)cccc32)cc1. The molecule has 0 aliphatic rings. The topological polar surface area (TPSA) is 4.93 Å². The second kappa shape index (κ2) is 10.4. The van der Waals surface area contributed by atoms with Crippen LogP contribution in [0.5, 0.6) is 0 Å². The molecule has 0 aliphatic carbocycles. The molecular formula is C42H29NSSi. The van der Waals surface area contributed by atoms with Crippen LogP contribution in [0.15, 0.2) is 176 Å². The van der Waals surface area contributed by atoms with Crippen molar-refractivity contribution in [2.24, 2.45) is 0 Å². The molecule has 2 heterocycles. The van der Waals surface area contributed by atoms with E-state index in [1.165, 1.54) is 68.4 Å². The quantitative estimate of drug-likeness (QED) is 0.137. The van der Waals surface area contributed by atoms with Crippen LogP contribution >= 0.6 is 11.3 Å². The van der Waals surface area contributed by atoms with Crippen molar-refractivity contribution in [3.8, 4) is 5.69 Å². The van der Waals surface area contributed by atoms with Gasteiger partial charge < -0.3 is 4.57 Å². The van der Waals surface area contributed by atoms with Crippen LogP contribution in [0.2, 0.25) is 0 Å². The third kappa shape index (κ3) is 3.91. The number of thiophene rings is 1. The lowest BCUT2D eigenvalue weighted by molar-refractivity contribution is 1.18. The van der Waals surface area contributed by atoms with Crippen LogP contribution in [0, 0.1) is 0 Å². The molecule has 0 spiro atoms. The molecule has 0 radical (unpaired) electrons. The monoisotopic (exact) mass is 607 g/mol. The Balaban J connectivity index is 1.47. The average Bonchev–Trinajstić information content (AvgIpc) is 3.66. The van der Waals surface area contributed by atoms with Gasteiger partial charge in [-0.2, -0.15) is 0 Å². The van der Waals surface area contributed by atoms with Crippen LogP contribution in [-0.2, 0) is 0 Å². The highest BCUT2D eigenvalue weighted by molar-refractivity contribution is 7.26. The Bertz CT molecular complexity index is 2440. The third-order valence-corrected chi connectivity index (χ3v) is 15.3. The number of rotatable bonds is 5. The molecule has 212 valence electrons. The summed E-state index contributed by atoms with van der Waals surface area (Å²) in [6.07, 6.45) is 0. The largest absolute Gasteiger partial charge is 0.309 e. The van der Waals surface area contributed by atoms with Crippen molar-refractivity contribution in [1.82, 2.24) is 4.57 Å². The van der Waals surface area contributed by atoms with Gasteiger partial charge in [0.2, 0.25) is 0 Å². The highest BCUT2D eigenvalue weighted by atomic mass is 32.1. The fraction of sp³-hybridized carbons (Fsp3) is 0. The van der Waals surface area contributed by atoms with Crippen LogP contribution in [0.1, 0.15) is 0 Å². The predicted octanol–water partition coefficient (Wildman–Crippen LogP) is 8.53. The summed E-state index contributed by atoms with van der Waals surface area (Å²) in [5.74, 6) is 0. The standard InChI is InChI=1S/C42H29NSSi/c1-4-15-30(16-5-1)43-37-23-12-10-22-36(37)42-38(43)24-14-26-41(42)45(31-17-6-2-7-18-31,32-19-8-3-9-20-32)33-27-28-35-34-21-11-13-25-39(34)44-40(35)29-33/h1-29H. The fourth-order valence-electron chi connectivity index (χ4n) is 7.49. The molecule has 45 heavy (non-hydrogen) atoms. The van der Waals surface area contributed by atoms with E-state index in [0.29, 0.717) is 0 Å². The number of hydrogen-bond donors (Lipinski definition) is 0. The minimum atomic E-state index is -2.84.